The van der Waals surface area contributed by atoms with Crippen LogP contribution in [-0.2, 0) is 30.2 Å². The molecule has 0 spiro atoms. The van der Waals surface area contributed by atoms with Crippen molar-refractivity contribution in [3.63, 3.8) is 0 Å². The zero-order valence-electron chi connectivity index (χ0n) is 38.9. The Labute approximate surface area is 405 Å². The van der Waals surface area contributed by atoms with E-state index in [2.05, 4.69) is 25.0 Å². The Morgan fingerprint density at radius 3 is 1.97 bits per heavy atom. The van der Waals surface area contributed by atoms with Gasteiger partial charge in [-0.1, -0.05) is 61.9 Å². The molecule has 8 aromatic rings. The maximum absolute atomic E-state index is 14.0. The molecule has 2 aliphatic rings. The van der Waals surface area contributed by atoms with E-state index in [-0.39, 0.29) is 59.9 Å². The molecule has 0 saturated carbocycles. The van der Waals surface area contributed by atoms with Gasteiger partial charge < -0.3 is 35.3 Å². The molecule has 6 N–H and O–H groups in total. The van der Waals surface area contributed by atoms with E-state index in [1.165, 1.54) is 33.6 Å². The first kappa shape index (κ1) is 47.6. The number of alkyl halides is 3. The van der Waals surface area contributed by atoms with Gasteiger partial charge in [0.2, 0.25) is 23.7 Å². The molecule has 4 atom stereocenters. The lowest BCUT2D eigenvalue weighted by Gasteiger charge is -2.35. The van der Waals surface area contributed by atoms with E-state index < -0.39 is 30.0 Å². The third kappa shape index (κ3) is 9.60. The Balaban J connectivity index is 0.794. The molecule has 4 aromatic heterocycles. The molecule has 2 fully saturated rings. The van der Waals surface area contributed by atoms with E-state index in [4.69, 9.17) is 5.10 Å². The van der Waals surface area contributed by atoms with Gasteiger partial charge in [0.1, 0.15) is 23.8 Å². The number of rotatable bonds is 15. The number of aromatic hydroxyl groups is 2. The standard InChI is InChI=1S/C52H54F4N10O5/c1-2-31(29-34-23-27-63(46(34)68)28-24-38-43(32-14-16-35(17-15-32)52(54,55)56)61-66(48(38)70)51-59-41-9-5-6-10-42(41)60-51)45(67)49(71)64-25-21-33(22-26-64)44-37(20-13-30-11-18-36(53)19-12-30)47(69)65(62-44)50-57-39-7-3-4-8-40(39)58-50/h3-12,14-19,31,33-34,45-46,67-70H,2,13,20-29H2,1H3,(H,57,58)(H,59,60)/t31-,34?,45+,46?/m1/s1. The minimum Gasteiger partial charge on any atom is -0.493 e. The second-order valence-electron chi connectivity index (χ2n) is 18.7. The Hall–Kier alpha value is -7.09. The van der Waals surface area contributed by atoms with Crippen molar-refractivity contribution < 1.29 is 42.8 Å². The minimum absolute atomic E-state index is 0.0374. The molecular formula is C52H54F4N10O5. The van der Waals surface area contributed by atoms with E-state index >= 15 is 0 Å². The largest absolute Gasteiger partial charge is 0.493 e. The Kier molecular flexibility index (Phi) is 13.1. The fourth-order valence-electron chi connectivity index (χ4n) is 10.4. The first-order valence-corrected chi connectivity index (χ1v) is 24.1. The highest BCUT2D eigenvalue weighted by Crippen LogP contribution is 2.39. The molecule has 4 aromatic carbocycles. The zero-order valence-corrected chi connectivity index (χ0v) is 38.9. The highest BCUT2D eigenvalue weighted by atomic mass is 19.4. The predicted molar refractivity (Wildman–Crippen MR) is 256 cm³/mol. The van der Waals surface area contributed by atoms with Crippen molar-refractivity contribution in [2.45, 2.75) is 82.7 Å². The number of likely N-dealkylation sites (tertiary alicyclic amines) is 2. The topological polar surface area (TPSA) is 197 Å². The molecule has 370 valence electrons. The van der Waals surface area contributed by atoms with Crippen LogP contribution < -0.4 is 0 Å². The first-order chi connectivity index (χ1) is 34.2. The van der Waals surface area contributed by atoms with E-state index in [0.717, 1.165) is 28.7 Å². The van der Waals surface area contributed by atoms with Crippen LogP contribution in [0.1, 0.15) is 72.9 Å². The van der Waals surface area contributed by atoms with Gasteiger partial charge in [-0.05, 0) is 105 Å². The summed E-state index contributed by atoms with van der Waals surface area (Å²) < 4.78 is 56.8. The van der Waals surface area contributed by atoms with Crippen molar-refractivity contribution in [1.29, 1.82) is 0 Å². The number of aromatic amines is 2. The fraction of sp³-hybridized carbons (Fsp3) is 0.365. The highest BCUT2D eigenvalue weighted by Gasteiger charge is 2.39. The maximum Gasteiger partial charge on any atom is 0.416 e. The average molecular weight is 975 g/mol. The molecule has 2 saturated heterocycles. The third-order valence-electron chi connectivity index (χ3n) is 14.4. The van der Waals surface area contributed by atoms with E-state index in [0.29, 0.717) is 104 Å². The van der Waals surface area contributed by atoms with E-state index in [1.807, 2.05) is 54.3 Å². The van der Waals surface area contributed by atoms with Crippen LogP contribution in [-0.4, -0.2) is 114 Å². The minimum atomic E-state index is -4.53. The van der Waals surface area contributed by atoms with Gasteiger partial charge in [0, 0.05) is 54.7 Å². The summed E-state index contributed by atoms with van der Waals surface area (Å²) in [6.07, 6.45) is -3.03. The molecular weight excluding hydrogens is 921 g/mol. The van der Waals surface area contributed by atoms with E-state index in [9.17, 15) is 42.8 Å². The summed E-state index contributed by atoms with van der Waals surface area (Å²) in [5.41, 5.74) is 5.31. The van der Waals surface area contributed by atoms with Crippen molar-refractivity contribution in [2.24, 2.45) is 11.8 Å². The number of aromatic nitrogens is 8. The number of aliphatic hydroxyl groups is 2. The molecule has 71 heavy (non-hydrogen) atoms. The molecule has 10 rings (SSSR count). The summed E-state index contributed by atoms with van der Waals surface area (Å²) >= 11 is 0. The molecule has 2 aliphatic heterocycles. The average Bonchev–Trinajstić information content (AvgIpc) is 4.21. The smallest absolute Gasteiger partial charge is 0.416 e. The predicted octanol–water partition coefficient (Wildman–Crippen LogP) is 8.20. The van der Waals surface area contributed by atoms with Crippen LogP contribution in [0.25, 0.3) is 45.2 Å². The number of nitrogens with zero attached hydrogens (tertiary/aromatic N) is 8. The van der Waals surface area contributed by atoms with Crippen LogP contribution in [0.5, 0.6) is 11.8 Å². The summed E-state index contributed by atoms with van der Waals surface area (Å²) in [6.45, 7) is 3.42. The number of fused-ring (bicyclic) bond motifs is 2. The van der Waals surface area contributed by atoms with Crippen LogP contribution in [0, 0.1) is 17.7 Å². The summed E-state index contributed by atoms with van der Waals surface area (Å²) in [5, 5.41) is 56.1. The lowest BCUT2D eigenvalue weighted by Crippen LogP contribution is -2.46. The van der Waals surface area contributed by atoms with Crippen LogP contribution >= 0.6 is 0 Å². The Morgan fingerprint density at radius 2 is 1.37 bits per heavy atom. The molecule has 1 amide bonds. The van der Waals surface area contributed by atoms with E-state index in [1.54, 1.807) is 23.1 Å². The van der Waals surface area contributed by atoms with Crippen LogP contribution in [0.3, 0.4) is 0 Å². The fourth-order valence-corrected chi connectivity index (χ4v) is 10.4. The molecule has 0 aliphatic carbocycles. The second kappa shape index (κ2) is 19.6. The Morgan fingerprint density at radius 1 is 0.761 bits per heavy atom. The van der Waals surface area contributed by atoms with Gasteiger partial charge in [-0.2, -0.15) is 32.7 Å². The van der Waals surface area contributed by atoms with Crippen molar-refractivity contribution in [1.82, 2.24) is 49.3 Å². The number of para-hydroxylation sites is 4. The third-order valence-corrected chi connectivity index (χ3v) is 14.4. The quantitative estimate of drug-likeness (QED) is 0.0545. The number of amides is 1. The zero-order chi connectivity index (χ0) is 49.6. The maximum atomic E-state index is 14.0. The number of aliphatic hydroxyl groups excluding tert-OH is 2. The number of carbonyl (C=O) groups is 1. The number of hydrogen-bond acceptors (Lipinski definition) is 10. The van der Waals surface area contributed by atoms with Crippen LogP contribution in [0.2, 0.25) is 0 Å². The first-order valence-electron chi connectivity index (χ1n) is 24.1. The number of H-pyrrole nitrogens is 2. The van der Waals surface area contributed by atoms with Gasteiger partial charge >= 0.3 is 6.18 Å². The van der Waals surface area contributed by atoms with Crippen molar-refractivity contribution >= 4 is 28.0 Å². The second-order valence-corrected chi connectivity index (χ2v) is 18.7. The number of carbonyl (C=O) groups excluding carboxylic acids is 1. The Bertz CT molecular complexity index is 3090. The molecule has 2 unspecified atom stereocenters. The number of halogens is 4. The van der Waals surface area contributed by atoms with Gasteiger partial charge in [0.05, 0.1) is 33.3 Å². The molecule has 0 bridgehead atoms. The van der Waals surface area contributed by atoms with Crippen molar-refractivity contribution in [3.05, 3.63) is 131 Å². The summed E-state index contributed by atoms with van der Waals surface area (Å²) in [7, 11) is 0. The van der Waals surface area contributed by atoms with Crippen LogP contribution in [0.4, 0.5) is 17.6 Å². The molecule has 15 nitrogen and oxygen atoms in total. The SMILES string of the molecule is CC[C@H](CC1CCN(CCc2c(-c3ccc(C(F)(F)F)cc3)nn(-c3nc4ccccc4[nH]3)c2O)C1O)[C@H](O)C(=O)N1CCC(c2nn(-c3nc4ccccc4[nH]3)c(O)c2CCc2ccc(F)cc2)CC1. The molecule has 0 radical (unpaired) electrons. The number of piperidine rings is 1. The number of imidazole rings is 2. The molecule has 6 heterocycles. The number of hydrogen-bond donors (Lipinski definition) is 6. The monoisotopic (exact) mass is 974 g/mol. The van der Waals surface area contributed by atoms with Gasteiger partial charge in [-0.15, -0.1) is 0 Å². The van der Waals surface area contributed by atoms with Crippen molar-refractivity contribution in [3.8, 4) is 34.9 Å². The summed E-state index contributed by atoms with van der Waals surface area (Å²) in [6, 6.07) is 25.6. The number of nitrogens with one attached hydrogen (secondary N) is 2. The molecule has 19 heteroatoms. The lowest BCUT2D eigenvalue weighted by molar-refractivity contribution is -0.145. The summed E-state index contributed by atoms with van der Waals surface area (Å²) in [5.74, 6) is -1.20. The van der Waals surface area contributed by atoms with Crippen LogP contribution in [0.15, 0.2) is 97.1 Å². The van der Waals surface area contributed by atoms with Gasteiger partial charge in [0.15, 0.2) is 0 Å². The number of benzene rings is 4. The summed E-state index contributed by atoms with van der Waals surface area (Å²) in [4.78, 5) is 33.2. The lowest BCUT2D eigenvalue weighted by atomic mass is 9.85. The highest BCUT2D eigenvalue weighted by molar-refractivity contribution is 5.81. The van der Waals surface area contributed by atoms with Gasteiger partial charge in [-0.3, -0.25) is 9.69 Å². The van der Waals surface area contributed by atoms with Gasteiger partial charge in [-0.25, -0.2) is 14.4 Å². The normalized spacial score (nSPS) is 18.0. The van der Waals surface area contributed by atoms with Gasteiger partial charge in [0.25, 0.3) is 5.91 Å². The number of aryl methyl sites for hydroxylation is 1. The van der Waals surface area contributed by atoms with Crippen molar-refractivity contribution in [2.75, 3.05) is 26.2 Å².